The van der Waals surface area contributed by atoms with E-state index in [4.69, 9.17) is 4.74 Å². The van der Waals surface area contributed by atoms with Crippen LogP contribution >= 0.6 is 0 Å². The minimum absolute atomic E-state index is 0.432. The van der Waals surface area contributed by atoms with E-state index < -0.39 is 11.7 Å². The Hall–Kier alpha value is -2.69. The van der Waals surface area contributed by atoms with Crippen LogP contribution in [0.3, 0.4) is 0 Å². The van der Waals surface area contributed by atoms with Crippen molar-refractivity contribution >= 4 is 17.9 Å². The summed E-state index contributed by atoms with van der Waals surface area (Å²) >= 11 is 0. The summed E-state index contributed by atoms with van der Waals surface area (Å²) in [7, 11) is 1.67. The van der Waals surface area contributed by atoms with E-state index in [1.165, 1.54) is 11.2 Å². The van der Waals surface area contributed by atoms with Gasteiger partial charge in [0.2, 0.25) is 0 Å². The van der Waals surface area contributed by atoms with Crippen LogP contribution in [0, 0.1) is 0 Å². The number of rotatable bonds is 3. The zero-order valence-corrected chi connectivity index (χ0v) is 13.9. The van der Waals surface area contributed by atoms with Crippen LogP contribution in [0.5, 0.6) is 0 Å². The zero-order valence-electron chi connectivity index (χ0n) is 13.9. The van der Waals surface area contributed by atoms with Crippen molar-refractivity contribution in [1.82, 2.24) is 14.9 Å². The molecule has 1 amide bonds. The summed E-state index contributed by atoms with van der Waals surface area (Å²) in [5.74, 6) is 0. The Bertz CT molecular complexity index is 676. The van der Waals surface area contributed by atoms with E-state index in [9.17, 15) is 4.79 Å². The second kappa shape index (κ2) is 7.05. The molecular formula is C18H21N3O2. The first kappa shape index (κ1) is 16.7. The van der Waals surface area contributed by atoms with Crippen LogP contribution in [0.2, 0.25) is 0 Å². The number of benzene rings is 1. The molecule has 0 saturated heterocycles. The van der Waals surface area contributed by atoms with Gasteiger partial charge in [-0.25, -0.2) is 14.8 Å². The summed E-state index contributed by atoms with van der Waals surface area (Å²) in [5.41, 5.74) is 1.70. The standard InChI is InChI=1S/C18H21N3O2/c1-18(2,3)23-17(22)21(4)16(15-10-11-19-13-20-15)12-14-8-6-5-7-9-14/h5-13H,1-4H3. The van der Waals surface area contributed by atoms with Crippen molar-refractivity contribution in [3.8, 4) is 0 Å². The number of hydrogen-bond acceptors (Lipinski definition) is 4. The Labute approximate surface area is 136 Å². The molecule has 120 valence electrons. The number of aromatic nitrogens is 2. The number of nitrogens with zero attached hydrogens (tertiary/aromatic N) is 3. The highest BCUT2D eigenvalue weighted by atomic mass is 16.6. The number of ether oxygens (including phenoxy) is 1. The van der Waals surface area contributed by atoms with Gasteiger partial charge in [-0.1, -0.05) is 30.3 Å². The van der Waals surface area contributed by atoms with Gasteiger partial charge in [0, 0.05) is 13.2 Å². The molecule has 2 aromatic rings. The molecule has 0 aliphatic carbocycles. The van der Waals surface area contributed by atoms with Gasteiger partial charge in [0.25, 0.3) is 0 Å². The lowest BCUT2D eigenvalue weighted by molar-refractivity contribution is 0.0388. The van der Waals surface area contributed by atoms with Gasteiger partial charge in [-0.2, -0.15) is 0 Å². The molecule has 5 heteroatoms. The first-order chi connectivity index (χ1) is 10.9. The molecule has 5 nitrogen and oxygen atoms in total. The summed E-state index contributed by atoms with van der Waals surface area (Å²) in [6.07, 6.45) is 4.56. The van der Waals surface area contributed by atoms with Crippen molar-refractivity contribution in [2.75, 3.05) is 7.05 Å². The van der Waals surface area contributed by atoms with Gasteiger partial charge in [0.1, 0.15) is 11.9 Å². The molecule has 0 aliphatic heterocycles. The maximum atomic E-state index is 12.4. The van der Waals surface area contributed by atoms with Crippen LogP contribution in [0.25, 0.3) is 11.8 Å². The topological polar surface area (TPSA) is 55.3 Å². The molecule has 0 saturated carbocycles. The van der Waals surface area contributed by atoms with Crippen molar-refractivity contribution in [2.45, 2.75) is 26.4 Å². The van der Waals surface area contributed by atoms with Crippen LogP contribution in [-0.2, 0) is 4.74 Å². The van der Waals surface area contributed by atoms with E-state index in [0.717, 1.165) is 5.56 Å². The molecule has 0 N–H and O–H groups in total. The lowest BCUT2D eigenvalue weighted by Gasteiger charge is -2.26. The predicted molar refractivity (Wildman–Crippen MR) is 90.3 cm³/mol. The molecule has 1 heterocycles. The van der Waals surface area contributed by atoms with Crippen molar-refractivity contribution in [2.24, 2.45) is 0 Å². The summed E-state index contributed by atoms with van der Waals surface area (Å²) in [6.45, 7) is 5.51. The molecule has 0 radical (unpaired) electrons. The van der Waals surface area contributed by atoms with Gasteiger partial charge in [-0.15, -0.1) is 0 Å². The lowest BCUT2D eigenvalue weighted by atomic mass is 10.1. The summed E-state index contributed by atoms with van der Waals surface area (Å²) in [6, 6.07) is 11.5. The molecule has 0 bridgehead atoms. The molecule has 1 aromatic carbocycles. The fourth-order valence-corrected chi connectivity index (χ4v) is 1.92. The summed E-state index contributed by atoms with van der Waals surface area (Å²) < 4.78 is 5.44. The second-order valence-corrected chi connectivity index (χ2v) is 6.07. The monoisotopic (exact) mass is 311 g/mol. The van der Waals surface area contributed by atoms with Crippen molar-refractivity contribution in [1.29, 1.82) is 0 Å². The third kappa shape index (κ3) is 4.92. The fourth-order valence-electron chi connectivity index (χ4n) is 1.92. The third-order valence-corrected chi connectivity index (χ3v) is 2.98. The van der Waals surface area contributed by atoms with Crippen molar-refractivity contribution in [3.63, 3.8) is 0 Å². The quantitative estimate of drug-likeness (QED) is 0.864. The van der Waals surface area contributed by atoms with E-state index >= 15 is 0 Å². The van der Waals surface area contributed by atoms with Crippen LogP contribution in [0.15, 0.2) is 48.9 Å². The molecule has 0 atom stereocenters. The smallest absolute Gasteiger partial charge is 0.414 e. The van der Waals surface area contributed by atoms with Crippen molar-refractivity contribution in [3.05, 3.63) is 60.2 Å². The molecule has 2 rings (SSSR count). The Kier molecular flexibility index (Phi) is 5.11. The Morgan fingerprint density at radius 3 is 2.43 bits per heavy atom. The van der Waals surface area contributed by atoms with Crippen LogP contribution in [-0.4, -0.2) is 33.6 Å². The maximum Gasteiger partial charge on any atom is 0.414 e. The Morgan fingerprint density at radius 1 is 1.17 bits per heavy atom. The molecule has 1 aromatic heterocycles. The molecule has 0 spiro atoms. The zero-order chi connectivity index (χ0) is 16.9. The van der Waals surface area contributed by atoms with E-state index in [0.29, 0.717) is 11.4 Å². The van der Waals surface area contributed by atoms with Gasteiger partial charge >= 0.3 is 6.09 Å². The normalized spacial score (nSPS) is 11.9. The summed E-state index contributed by atoms with van der Waals surface area (Å²) in [4.78, 5) is 22.0. The van der Waals surface area contributed by atoms with Gasteiger partial charge in [-0.3, -0.25) is 4.90 Å². The highest BCUT2D eigenvalue weighted by Crippen LogP contribution is 2.21. The molecule has 0 aliphatic rings. The SMILES string of the molecule is CN(C(=O)OC(C)(C)C)C(=Cc1ccccc1)c1ccncn1. The minimum Gasteiger partial charge on any atom is -0.443 e. The number of amides is 1. The molecule has 0 fully saturated rings. The van der Waals surface area contributed by atoms with Gasteiger partial charge in [-0.05, 0) is 38.5 Å². The number of carbonyl (C=O) groups is 1. The first-order valence-electron chi connectivity index (χ1n) is 7.37. The number of carbonyl (C=O) groups excluding carboxylic acids is 1. The van der Waals surface area contributed by atoms with Gasteiger partial charge in [0.05, 0.1) is 11.4 Å². The van der Waals surface area contributed by atoms with Crippen LogP contribution in [0.1, 0.15) is 32.0 Å². The maximum absolute atomic E-state index is 12.4. The van der Waals surface area contributed by atoms with Gasteiger partial charge in [0.15, 0.2) is 0 Å². The minimum atomic E-state index is -0.561. The lowest BCUT2D eigenvalue weighted by Crippen LogP contribution is -2.33. The molecule has 0 unspecified atom stereocenters. The first-order valence-corrected chi connectivity index (χ1v) is 7.37. The van der Waals surface area contributed by atoms with Gasteiger partial charge < -0.3 is 4.74 Å². The average molecular weight is 311 g/mol. The molecule has 23 heavy (non-hydrogen) atoms. The molecular weight excluding hydrogens is 290 g/mol. The highest BCUT2D eigenvalue weighted by molar-refractivity contribution is 5.88. The largest absolute Gasteiger partial charge is 0.443 e. The second-order valence-electron chi connectivity index (χ2n) is 6.07. The number of hydrogen-bond donors (Lipinski definition) is 0. The third-order valence-electron chi connectivity index (χ3n) is 2.98. The fraction of sp³-hybridized carbons (Fsp3) is 0.278. The average Bonchev–Trinajstić information content (AvgIpc) is 2.52. The van der Waals surface area contributed by atoms with Crippen LogP contribution in [0.4, 0.5) is 4.79 Å². The van der Waals surface area contributed by atoms with E-state index in [2.05, 4.69) is 9.97 Å². The van der Waals surface area contributed by atoms with Crippen molar-refractivity contribution < 1.29 is 9.53 Å². The Balaban J connectivity index is 2.38. The van der Waals surface area contributed by atoms with E-state index in [1.54, 1.807) is 19.3 Å². The predicted octanol–water partition coefficient (Wildman–Crippen LogP) is 3.84. The summed E-state index contributed by atoms with van der Waals surface area (Å²) in [5, 5.41) is 0. The highest BCUT2D eigenvalue weighted by Gasteiger charge is 2.23. The van der Waals surface area contributed by atoms with E-state index in [-0.39, 0.29) is 0 Å². The van der Waals surface area contributed by atoms with E-state index in [1.807, 2.05) is 57.2 Å². The Morgan fingerprint density at radius 2 is 1.87 bits per heavy atom. The van der Waals surface area contributed by atoms with Crippen LogP contribution < -0.4 is 0 Å².